The van der Waals surface area contributed by atoms with Crippen molar-refractivity contribution in [3.63, 3.8) is 0 Å². The van der Waals surface area contributed by atoms with Gasteiger partial charge in [-0.2, -0.15) is 0 Å². The molecule has 18 heavy (non-hydrogen) atoms. The smallest absolute Gasteiger partial charge is 0.137 e. The molecule has 0 bridgehead atoms. The molecule has 0 aliphatic heterocycles. The molecule has 0 saturated heterocycles. The Hall–Kier alpha value is -1.46. The van der Waals surface area contributed by atoms with E-state index in [0.717, 1.165) is 10.6 Å². The first-order chi connectivity index (χ1) is 8.66. The van der Waals surface area contributed by atoms with E-state index in [1.807, 2.05) is 13.0 Å². The number of hydrogen-bond acceptors (Lipinski definition) is 4. The van der Waals surface area contributed by atoms with E-state index in [0.29, 0.717) is 11.3 Å². The quantitative estimate of drug-likeness (QED) is 0.862. The van der Waals surface area contributed by atoms with Gasteiger partial charge in [0.25, 0.3) is 0 Å². The fourth-order valence-electron chi connectivity index (χ4n) is 1.62. The van der Waals surface area contributed by atoms with Gasteiger partial charge < -0.3 is 5.73 Å². The third-order valence-corrected chi connectivity index (χ3v) is 3.46. The summed E-state index contributed by atoms with van der Waals surface area (Å²) in [5.74, 6) is -0.239. The maximum atomic E-state index is 13.9. The van der Waals surface area contributed by atoms with Crippen molar-refractivity contribution in [1.29, 1.82) is 0 Å². The van der Waals surface area contributed by atoms with E-state index in [2.05, 4.69) is 9.97 Å². The van der Waals surface area contributed by atoms with Crippen LogP contribution in [0.25, 0.3) is 0 Å². The Bertz CT molecular complexity index is 517. The number of hydrogen-bond donors (Lipinski definition) is 1. The second kappa shape index (κ2) is 5.93. The van der Waals surface area contributed by atoms with Crippen LogP contribution in [0.5, 0.6) is 0 Å². The molecule has 1 heterocycles. The van der Waals surface area contributed by atoms with Gasteiger partial charge in [-0.1, -0.05) is 23.9 Å². The van der Waals surface area contributed by atoms with Crippen molar-refractivity contribution in [2.45, 2.75) is 29.3 Å². The monoisotopic (exact) mass is 263 g/mol. The molecule has 2 aromatic rings. The second-order valence-corrected chi connectivity index (χ2v) is 5.09. The predicted molar refractivity (Wildman–Crippen MR) is 69.9 cm³/mol. The third kappa shape index (κ3) is 3.27. The third-order valence-electron chi connectivity index (χ3n) is 2.35. The van der Waals surface area contributed by atoms with Crippen molar-refractivity contribution in [2.75, 3.05) is 0 Å². The van der Waals surface area contributed by atoms with Crippen LogP contribution < -0.4 is 5.73 Å². The van der Waals surface area contributed by atoms with Crippen molar-refractivity contribution in [2.24, 2.45) is 5.73 Å². The molecular weight excluding hydrogens is 249 g/mol. The van der Waals surface area contributed by atoms with Crippen molar-refractivity contribution < 1.29 is 4.39 Å². The SMILES string of the molecule is CC(N)Cc1cccc(F)c1Sc1ccncn1. The van der Waals surface area contributed by atoms with E-state index in [-0.39, 0.29) is 11.9 Å². The Labute approximate surface area is 110 Å². The zero-order valence-electron chi connectivity index (χ0n) is 10.0. The predicted octanol–water partition coefficient (Wildman–Crippen LogP) is 2.66. The number of nitrogens with two attached hydrogens (primary N) is 1. The summed E-state index contributed by atoms with van der Waals surface area (Å²) in [6.07, 6.45) is 3.74. The maximum Gasteiger partial charge on any atom is 0.137 e. The minimum absolute atomic E-state index is 0.00320. The molecule has 94 valence electrons. The molecule has 2 N–H and O–H groups in total. The molecule has 0 fully saturated rings. The molecule has 0 amide bonds. The van der Waals surface area contributed by atoms with E-state index in [1.165, 1.54) is 24.2 Å². The Morgan fingerprint density at radius 2 is 2.22 bits per heavy atom. The van der Waals surface area contributed by atoms with Gasteiger partial charge in [-0.05, 0) is 31.0 Å². The van der Waals surface area contributed by atoms with Crippen LogP contribution in [-0.2, 0) is 6.42 Å². The minimum Gasteiger partial charge on any atom is -0.328 e. The minimum atomic E-state index is -0.239. The summed E-state index contributed by atoms with van der Waals surface area (Å²) in [5, 5.41) is 0.723. The summed E-state index contributed by atoms with van der Waals surface area (Å²) >= 11 is 1.30. The Kier molecular flexibility index (Phi) is 4.28. The fourth-order valence-corrected chi connectivity index (χ4v) is 2.50. The first-order valence-electron chi connectivity index (χ1n) is 5.63. The van der Waals surface area contributed by atoms with Gasteiger partial charge in [0.15, 0.2) is 0 Å². The number of benzene rings is 1. The zero-order valence-corrected chi connectivity index (χ0v) is 10.8. The van der Waals surface area contributed by atoms with E-state index in [1.54, 1.807) is 18.3 Å². The Morgan fingerprint density at radius 3 is 2.89 bits per heavy atom. The molecule has 1 unspecified atom stereocenters. The number of rotatable bonds is 4. The van der Waals surface area contributed by atoms with Crippen molar-refractivity contribution >= 4 is 11.8 Å². The lowest BCUT2D eigenvalue weighted by atomic mass is 10.1. The summed E-state index contributed by atoms with van der Waals surface area (Å²) in [7, 11) is 0. The van der Waals surface area contributed by atoms with Crippen LogP contribution in [-0.4, -0.2) is 16.0 Å². The molecule has 1 aromatic heterocycles. The highest BCUT2D eigenvalue weighted by molar-refractivity contribution is 7.99. The lowest BCUT2D eigenvalue weighted by Crippen LogP contribution is -2.18. The Balaban J connectivity index is 2.31. The normalized spacial score (nSPS) is 12.4. The fraction of sp³-hybridized carbons (Fsp3) is 0.231. The average molecular weight is 263 g/mol. The summed E-state index contributed by atoms with van der Waals surface area (Å²) < 4.78 is 13.9. The van der Waals surface area contributed by atoms with Crippen LogP contribution in [0.2, 0.25) is 0 Å². The first kappa shape index (κ1) is 13.0. The van der Waals surface area contributed by atoms with Gasteiger partial charge in [0.1, 0.15) is 17.2 Å². The first-order valence-corrected chi connectivity index (χ1v) is 6.45. The van der Waals surface area contributed by atoms with Crippen molar-refractivity contribution in [3.05, 3.63) is 48.2 Å². The van der Waals surface area contributed by atoms with E-state index in [4.69, 9.17) is 5.73 Å². The number of nitrogens with zero attached hydrogens (tertiary/aromatic N) is 2. The van der Waals surface area contributed by atoms with Gasteiger partial charge in [-0.25, -0.2) is 14.4 Å². The van der Waals surface area contributed by atoms with Crippen LogP contribution >= 0.6 is 11.8 Å². The topological polar surface area (TPSA) is 51.8 Å². The Morgan fingerprint density at radius 1 is 1.39 bits per heavy atom. The highest BCUT2D eigenvalue weighted by Crippen LogP contribution is 2.31. The lowest BCUT2D eigenvalue weighted by molar-refractivity contribution is 0.592. The molecule has 0 radical (unpaired) electrons. The van der Waals surface area contributed by atoms with Gasteiger partial charge in [0.05, 0.1) is 4.90 Å². The molecular formula is C13H14FN3S. The molecule has 1 atom stereocenters. The van der Waals surface area contributed by atoms with Gasteiger partial charge in [0.2, 0.25) is 0 Å². The molecule has 0 aliphatic carbocycles. The molecule has 0 aliphatic rings. The van der Waals surface area contributed by atoms with Crippen LogP contribution in [0.15, 0.2) is 46.7 Å². The zero-order chi connectivity index (χ0) is 13.0. The van der Waals surface area contributed by atoms with E-state index in [9.17, 15) is 4.39 Å². The van der Waals surface area contributed by atoms with Crippen LogP contribution in [0.3, 0.4) is 0 Å². The molecule has 0 spiro atoms. The van der Waals surface area contributed by atoms with Crippen LogP contribution in [0.1, 0.15) is 12.5 Å². The summed E-state index contributed by atoms with van der Waals surface area (Å²) in [4.78, 5) is 8.52. The molecule has 0 saturated carbocycles. The molecule has 3 nitrogen and oxygen atoms in total. The van der Waals surface area contributed by atoms with Gasteiger partial charge in [-0.15, -0.1) is 0 Å². The largest absolute Gasteiger partial charge is 0.328 e. The number of aromatic nitrogens is 2. The van der Waals surface area contributed by atoms with Crippen LogP contribution in [0.4, 0.5) is 4.39 Å². The summed E-state index contributed by atoms with van der Waals surface area (Å²) in [6, 6.07) is 6.81. The standard InChI is InChI=1S/C13H14FN3S/c1-9(15)7-10-3-2-4-11(14)13(10)18-12-5-6-16-8-17-12/h2-6,8-9H,7,15H2,1H3. The lowest BCUT2D eigenvalue weighted by Gasteiger charge is -2.11. The molecule has 5 heteroatoms. The molecule has 2 rings (SSSR count). The van der Waals surface area contributed by atoms with Crippen molar-refractivity contribution in [3.8, 4) is 0 Å². The van der Waals surface area contributed by atoms with E-state index >= 15 is 0 Å². The van der Waals surface area contributed by atoms with Crippen LogP contribution in [0, 0.1) is 5.82 Å². The molecule has 1 aromatic carbocycles. The van der Waals surface area contributed by atoms with Gasteiger partial charge >= 0.3 is 0 Å². The number of halogens is 1. The second-order valence-electron chi connectivity index (χ2n) is 4.06. The van der Waals surface area contributed by atoms with Gasteiger partial charge in [-0.3, -0.25) is 0 Å². The average Bonchev–Trinajstić information content (AvgIpc) is 2.34. The highest BCUT2D eigenvalue weighted by atomic mass is 32.2. The highest BCUT2D eigenvalue weighted by Gasteiger charge is 2.12. The maximum absolute atomic E-state index is 13.9. The summed E-state index contributed by atoms with van der Waals surface area (Å²) in [6.45, 7) is 1.91. The van der Waals surface area contributed by atoms with E-state index < -0.39 is 0 Å². The van der Waals surface area contributed by atoms with Crippen molar-refractivity contribution in [1.82, 2.24) is 9.97 Å². The van der Waals surface area contributed by atoms with Gasteiger partial charge in [0, 0.05) is 12.2 Å². The summed E-state index contributed by atoms with van der Waals surface area (Å²) in [5.41, 5.74) is 6.69.